The number of anilines is 1. The molecule has 0 radical (unpaired) electrons. The van der Waals surface area contributed by atoms with Gasteiger partial charge in [0, 0.05) is 35.5 Å². The van der Waals surface area contributed by atoms with E-state index in [-0.39, 0.29) is 0 Å². The van der Waals surface area contributed by atoms with Gasteiger partial charge in [-0.1, -0.05) is 23.3 Å². The number of nitrogens with zero attached hydrogens (tertiary/aromatic N) is 3. The summed E-state index contributed by atoms with van der Waals surface area (Å²) in [5.74, 6) is 1.34. The van der Waals surface area contributed by atoms with Gasteiger partial charge in [-0.2, -0.15) is 0 Å². The smallest absolute Gasteiger partial charge is 0.316 e. The number of hydrogen-bond donors (Lipinski definition) is 1. The monoisotopic (exact) mass is 306 g/mol. The fourth-order valence-electron chi connectivity index (χ4n) is 2.51. The van der Waals surface area contributed by atoms with E-state index >= 15 is 0 Å². The molecule has 0 amide bonds. The van der Waals surface area contributed by atoms with E-state index in [4.69, 9.17) is 8.83 Å². The lowest BCUT2D eigenvalue weighted by atomic mass is 10.1. The SMILES string of the molecule is Cc1oc2ccccc2c1CNc1nnc(-c2ccncc2)o1. The van der Waals surface area contributed by atoms with E-state index in [0.717, 1.165) is 27.9 Å². The minimum atomic E-state index is 0.376. The predicted octanol–water partition coefficient (Wildman–Crippen LogP) is 3.80. The van der Waals surface area contributed by atoms with Crippen LogP contribution in [0.15, 0.2) is 57.6 Å². The van der Waals surface area contributed by atoms with Crippen LogP contribution in [0, 0.1) is 6.92 Å². The fourth-order valence-corrected chi connectivity index (χ4v) is 2.51. The van der Waals surface area contributed by atoms with E-state index in [2.05, 4.69) is 20.5 Å². The van der Waals surface area contributed by atoms with Crippen LogP contribution >= 0.6 is 0 Å². The molecule has 0 unspecified atom stereocenters. The van der Waals surface area contributed by atoms with E-state index in [0.29, 0.717) is 18.5 Å². The van der Waals surface area contributed by atoms with E-state index < -0.39 is 0 Å². The van der Waals surface area contributed by atoms with E-state index in [9.17, 15) is 0 Å². The molecular weight excluding hydrogens is 292 g/mol. The Balaban J connectivity index is 1.55. The molecule has 1 N–H and O–H groups in total. The van der Waals surface area contributed by atoms with Crippen molar-refractivity contribution < 1.29 is 8.83 Å². The summed E-state index contributed by atoms with van der Waals surface area (Å²) >= 11 is 0. The summed E-state index contributed by atoms with van der Waals surface area (Å²) in [6.45, 7) is 2.51. The van der Waals surface area contributed by atoms with Gasteiger partial charge in [-0.05, 0) is 25.1 Å². The molecular formula is C17H14N4O2. The average molecular weight is 306 g/mol. The molecule has 6 heteroatoms. The number of benzene rings is 1. The van der Waals surface area contributed by atoms with Crippen LogP contribution in [0.2, 0.25) is 0 Å². The van der Waals surface area contributed by atoms with Crippen molar-refractivity contribution >= 4 is 17.0 Å². The summed E-state index contributed by atoms with van der Waals surface area (Å²) in [4.78, 5) is 3.97. The molecule has 3 aromatic heterocycles. The van der Waals surface area contributed by atoms with Crippen molar-refractivity contribution in [2.75, 3.05) is 5.32 Å². The van der Waals surface area contributed by atoms with Crippen LogP contribution in [0.25, 0.3) is 22.4 Å². The Kier molecular flexibility index (Phi) is 3.27. The number of rotatable bonds is 4. The summed E-state index contributed by atoms with van der Waals surface area (Å²) in [6.07, 6.45) is 3.38. The number of furan rings is 1. The Morgan fingerprint density at radius 2 is 1.83 bits per heavy atom. The highest BCUT2D eigenvalue weighted by Crippen LogP contribution is 2.26. The molecule has 0 atom stereocenters. The van der Waals surface area contributed by atoms with Crippen molar-refractivity contribution in [3.05, 3.63) is 60.1 Å². The fraction of sp³-hybridized carbons (Fsp3) is 0.118. The highest BCUT2D eigenvalue weighted by Gasteiger charge is 2.12. The maximum Gasteiger partial charge on any atom is 0.316 e. The van der Waals surface area contributed by atoms with E-state index in [1.807, 2.05) is 43.3 Å². The Hall–Kier alpha value is -3.15. The highest BCUT2D eigenvalue weighted by atomic mass is 16.4. The van der Waals surface area contributed by atoms with Crippen molar-refractivity contribution in [1.29, 1.82) is 0 Å². The molecule has 3 heterocycles. The second-order valence-electron chi connectivity index (χ2n) is 5.13. The number of pyridine rings is 1. The molecule has 4 aromatic rings. The number of para-hydroxylation sites is 1. The third-order valence-corrected chi connectivity index (χ3v) is 3.67. The molecule has 0 aliphatic heterocycles. The summed E-state index contributed by atoms with van der Waals surface area (Å²) in [7, 11) is 0. The lowest BCUT2D eigenvalue weighted by Crippen LogP contribution is -2.00. The quantitative estimate of drug-likeness (QED) is 0.618. The number of nitrogens with one attached hydrogen (secondary N) is 1. The van der Waals surface area contributed by atoms with Crippen molar-refractivity contribution in [3.8, 4) is 11.5 Å². The number of aromatic nitrogens is 3. The summed E-state index contributed by atoms with van der Waals surface area (Å²) in [6, 6.07) is 12.0. The van der Waals surface area contributed by atoms with Crippen LogP contribution in [-0.2, 0) is 6.54 Å². The third kappa shape index (κ3) is 2.55. The Labute approximate surface area is 132 Å². The minimum absolute atomic E-state index is 0.376. The second kappa shape index (κ2) is 5.57. The first-order chi connectivity index (χ1) is 11.3. The first-order valence-electron chi connectivity index (χ1n) is 7.26. The maximum atomic E-state index is 5.75. The molecule has 0 saturated carbocycles. The summed E-state index contributed by atoms with van der Waals surface area (Å²) < 4.78 is 11.4. The second-order valence-corrected chi connectivity index (χ2v) is 5.13. The normalized spacial score (nSPS) is 11.0. The largest absolute Gasteiger partial charge is 0.461 e. The zero-order valence-electron chi connectivity index (χ0n) is 12.5. The summed E-state index contributed by atoms with van der Waals surface area (Å²) in [5, 5.41) is 12.3. The van der Waals surface area contributed by atoms with Crippen LogP contribution < -0.4 is 5.32 Å². The Morgan fingerprint density at radius 3 is 2.70 bits per heavy atom. The van der Waals surface area contributed by atoms with Gasteiger partial charge in [-0.3, -0.25) is 4.98 Å². The van der Waals surface area contributed by atoms with Crippen molar-refractivity contribution in [1.82, 2.24) is 15.2 Å². The Bertz CT molecular complexity index is 944. The van der Waals surface area contributed by atoms with E-state index in [1.54, 1.807) is 12.4 Å². The van der Waals surface area contributed by atoms with Crippen molar-refractivity contribution in [2.24, 2.45) is 0 Å². The first kappa shape index (κ1) is 13.5. The van der Waals surface area contributed by atoms with Crippen LogP contribution in [0.5, 0.6) is 0 Å². The number of aryl methyl sites for hydroxylation is 1. The van der Waals surface area contributed by atoms with Gasteiger partial charge in [0.1, 0.15) is 11.3 Å². The molecule has 0 aliphatic rings. The predicted molar refractivity (Wildman–Crippen MR) is 85.8 cm³/mol. The molecule has 0 fully saturated rings. The Morgan fingerprint density at radius 1 is 1.00 bits per heavy atom. The molecule has 6 nitrogen and oxygen atoms in total. The standard InChI is InChI=1S/C17H14N4O2/c1-11-14(13-4-2-3-5-15(13)22-11)10-19-17-21-20-16(23-17)12-6-8-18-9-7-12/h2-9H,10H2,1H3,(H,19,21). The number of fused-ring (bicyclic) bond motifs is 1. The van der Waals surface area contributed by atoms with Gasteiger partial charge in [0.2, 0.25) is 5.89 Å². The maximum absolute atomic E-state index is 5.75. The van der Waals surface area contributed by atoms with Crippen LogP contribution in [-0.4, -0.2) is 15.2 Å². The van der Waals surface area contributed by atoms with Gasteiger partial charge in [-0.25, -0.2) is 0 Å². The highest BCUT2D eigenvalue weighted by molar-refractivity contribution is 5.82. The topological polar surface area (TPSA) is 77.0 Å². The van der Waals surface area contributed by atoms with Crippen molar-refractivity contribution in [3.63, 3.8) is 0 Å². The molecule has 0 spiro atoms. The molecule has 0 saturated heterocycles. The summed E-state index contributed by atoms with van der Waals surface area (Å²) in [5.41, 5.74) is 2.81. The molecule has 23 heavy (non-hydrogen) atoms. The lowest BCUT2D eigenvalue weighted by molar-refractivity contribution is 0.568. The van der Waals surface area contributed by atoms with Crippen LogP contribution in [0.1, 0.15) is 11.3 Å². The van der Waals surface area contributed by atoms with Gasteiger partial charge in [0.05, 0.1) is 0 Å². The van der Waals surface area contributed by atoms with Gasteiger partial charge >= 0.3 is 6.01 Å². The van der Waals surface area contributed by atoms with E-state index in [1.165, 1.54) is 0 Å². The minimum Gasteiger partial charge on any atom is -0.461 e. The zero-order valence-corrected chi connectivity index (χ0v) is 12.5. The molecule has 4 rings (SSSR count). The molecule has 1 aromatic carbocycles. The molecule has 114 valence electrons. The zero-order chi connectivity index (χ0) is 15.6. The van der Waals surface area contributed by atoms with Gasteiger partial charge in [-0.15, -0.1) is 5.10 Å². The molecule has 0 bridgehead atoms. The van der Waals surface area contributed by atoms with Gasteiger partial charge in [0.25, 0.3) is 0 Å². The average Bonchev–Trinajstić information content (AvgIpc) is 3.18. The van der Waals surface area contributed by atoms with Crippen LogP contribution in [0.3, 0.4) is 0 Å². The van der Waals surface area contributed by atoms with Crippen LogP contribution in [0.4, 0.5) is 6.01 Å². The number of hydrogen-bond acceptors (Lipinski definition) is 6. The third-order valence-electron chi connectivity index (χ3n) is 3.67. The van der Waals surface area contributed by atoms with Crippen molar-refractivity contribution in [2.45, 2.75) is 13.5 Å². The lowest BCUT2D eigenvalue weighted by Gasteiger charge is -2.00. The van der Waals surface area contributed by atoms with Gasteiger partial charge < -0.3 is 14.2 Å². The molecule has 0 aliphatic carbocycles. The van der Waals surface area contributed by atoms with Gasteiger partial charge in [0.15, 0.2) is 0 Å². The first-order valence-corrected chi connectivity index (χ1v) is 7.26.